The van der Waals surface area contributed by atoms with Crippen LogP contribution in [0.4, 0.5) is 0 Å². The number of aromatic nitrogens is 5. The zero-order valence-electron chi connectivity index (χ0n) is 42.1. The second-order valence-corrected chi connectivity index (χ2v) is 20.4. The minimum Gasteiger partial charge on any atom is -0.497 e. The van der Waals surface area contributed by atoms with E-state index in [2.05, 4.69) is 98.0 Å². The molecule has 0 radical (unpaired) electrons. The quantitative estimate of drug-likeness (QED) is 0.0333. The zero-order chi connectivity index (χ0) is 51.5. The van der Waals surface area contributed by atoms with Gasteiger partial charge < -0.3 is 28.0 Å². The van der Waals surface area contributed by atoms with Crippen molar-refractivity contribution >= 4 is 40.8 Å². The number of H-pyrrole nitrogens is 1. The Morgan fingerprint density at radius 3 is 2.01 bits per heavy atom. The summed E-state index contributed by atoms with van der Waals surface area (Å²) in [5.41, 5.74) is 1.60. The monoisotopic (exact) mass is 1010 g/mol. The smallest absolute Gasteiger partial charge is 0.330 e. The van der Waals surface area contributed by atoms with Gasteiger partial charge in [-0.1, -0.05) is 114 Å². The van der Waals surface area contributed by atoms with Gasteiger partial charge in [-0.3, -0.25) is 19.0 Å². The van der Waals surface area contributed by atoms with Gasteiger partial charge in [0.2, 0.25) is 0 Å². The van der Waals surface area contributed by atoms with Crippen LogP contribution in [0.25, 0.3) is 43.6 Å². The van der Waals surface area contributed by atoms with Gasteiger partial charge in [0, 0.05) is 29.9 Å². The van der Waals surface area contributed by atoms with Crippen LogP contribution in [-0.4, -0.2) is 80.9 Å². The highest BCUT2D eigenvalue weighted by atomic mass is 31.2. The third-order valence-corrected chi connectivity index (χ3v) is 16.0. The molecule has 15 nitrogen and oxygen atoms in total. The van der Waals surface area contributed by atoms with Crippen molar-refractivity contribution in [2.45, 2.75) is 76.8 Å². The molecular weight excluding hydrogens is 954 g/mol. The number of aromatic amines is 1. The highest BCUT2D eigenvalue weighted by Crippen LogP contribution is 2.52. The van der Waals surface area contributed by atoms with Crippen LogP contribution in [-0.2, 0) is 30.7 Å². The molecule has 1 fully saturated rings. The number of benzene rings is 7. The first-order valence-corrected chi connectivity index (χ1v) is 25.9. The van der Waals surface area contributed by atoms with Gasteiger partial charge in [0.15, 0.2) is 0 Å². The van der Waals surface area contributed by atoms with E-state index < -0.39 is 49.7 Å². The third-order valence-electron chi connectivity index (χ3n) is 13.8. The van der Waals surface area contributed by atoms with Crippen molar-refractivity contribution in [1.82, 2.24) is 29.2 Å². The molecule has 3 heterocycles. The lowest BCUT2D eigenvalue weighted by molar-refractivity contribution is -0.0933. The molecule has 0 aliphatic carbocycles. The summed E-state index contributed by atoms with van der Waals surface area (Å²) in [7, 11) is 1.38. The summed E-state index contributed by atoms with van der Waals surface area (Å²) in [6.07, 6.45) is 0.751. The molecule has 16 heteroatoms. The molecule has 10 rings (SSSR count). The van der Waals surface area contributed by atoms with E-state index in [1.54, 1.807) is 18.9 Å². The lowest BCUT2D eigenvalue weighted by atomic mass is 9.80. The number of nitrogens with one attached hydrogen (secondary N) is 1. The number of hydrogen-bond donors (Lipinski definition) is 1. The molecule has 1 saturated heterocycles. The number of ether oxygens (including phenoxy) is 4. The average molecular weight is 1010 g/mol. The first kappa shape index (κ1) is 50.3. The van der Waals surface area contributed by atoms with E-state index in [9.17, 15) is 14.9 Å². The average Bonchev–Trinajstić information content (AvgIpc) is 4.03. The van der Waals surface area contributed by atoms with Crippen LogP contribution in [0.2, 0.25) is 0 Å². The number of hydrogen-bond acceptors (Lipinski definition) is 12. The third kappa shape index (κ3) is 9.68. The molecular formula is C58H58N7O8P. The van der Waals surface area contributed by atoms with Crippen molar-refractivity contribution in [3.05, 3.63) is 189 Å². The minimum atomic E-state index is -1.88. The van der Waals surface area contributed by atoms with E-state index in [1.165, 1.54) is 22.2 Å². The first-order chi connectivity index (χ1) is 36.0. The van der Waals surface area contributed by atoms with Crippen LogP contribution < -0.4 is 20.7 Å². The lowest BCUT2D eigenvalue weighted by Gasteiger charge is -2.39. The molecule has 5 atom stereocenters. The molecule has 378 valence electrons. The fraction of sp³-hybridized carbons (Fsp3) is 0.293. The second-order valence-electron chi connectivity index (χ2n) is 19.0. The number of methoxy groups -OCH3 is 2. The molecule has 1 aliphatic rings. The Hall–Kier alpha value is -7.28. The SMILES string of the molecule is COc1ccc(C(OC[C@H]2O[C@@H](n3ccc(=O)[nH]c3=O)[C@H](Cn3cc(-c4ccc5ccc6cccc7ccc4c5c67)nn3)[C@@H]2OP(OCCC#N)N(C(C)C)C(C)C)(c2ccccc2)c2ccc(OC)cc2)cc1. The van der Waals surface area contributed by atoms with E-state index in [0.717, 1.165) is 49.2 Å². The summed E-state index contributed by atoms with van der Waals surface area (Å²) in [6, 6.07) is 48.1. The molecule has 9 aromatic rings. The fourth-order valence-corrected chi connectivity index (χ4v) is 12.3. The zero-order valence-corrected chi connectivity index (χ0v) is 43.0. The van der Waals surface area contributed by atoms with Gasteiger partial charge in [0.05, 0.1) is 58.6 Å². The number of nitrogens with zero attached hydrogens (tertiary/aromatic N) is 6. The first-order valence-electron chi connectivity index (χ1n) is 24.8. The van der Waals surface area contributed by atoms with Crippen molar-refractivity contribution < 1.29 is 28.0 Å². The van der Waals surface area contributed by atoms with E-state index >= 15 is 0 Å². The van der Waals surface area contributed by atoms with Gasteiger partial charge in [-0.25, -0.2) is 9.46 Å². The summed E-state index contributed by atoms with van der Waals surface area (Å²) in [5, 5.41) is 26.1. The standard InChI is InChI=1S/C58H58N7O8P/c1-37(2)65(38(3)4)74(71-33-11-31-59)73-55-49(34-63-35-50(61-62-63)47-28-18-41-17-16-39-12-10-13-40-19-29-48(47)54(41)53(39)40)56(64-32-30-52(66)60-57(64)67)72-51(55)36-70-58(42-14-8-7-9-15-42,43-20-24-45(68-5)25-21-43)44-22-26-46(69-6)27-23-44/h7-10,12-30,32,35,37-38,49,51,55-56H,11,33-34,36H2,1-6H3,(H,60,66,67)/t49-,51-,55+,56-,74?/m1/s1. The van der Waals surface area contributed by atoms with E-state index in [4.69, 9.17) is 38.3 Å². The Bertz CT molecular complexity index is 3450. The maximum atomic E-state index is 14.0. The molecule has 0 bridgehead atoms. The van der Waals surface area contributed by atoms with Crippen LogP contribution >= 0.6 is 8.53 Å². The molecule has 0 spiro atoms. The lowest BCUT2D eigenvalue weighted by Crippen LogP contribution is -2.42. The van der Waals surface area contributed by atoms with Gasteiger partial charge in [-0.15, -0.1) is 5.10 Å². The van der Waals surface area contributed by atoms with Crippen molar-refractivity contribution in [2.24, 2.45) is 5.92 Å². The largest absolute Gasteiger partial charge is 0.497 e. The van der Waals surface area contributed by atoms with Crippen LogP contribution in [0.1, 0.15) is 57.0 Å². The molecule has 0 amide bonds. The Morgan fingerprint density at radius 1 is 0.770 bits per heavy atom. The highest BCUT2D eigenvalue weighted by molar-refractivity contribution is 7.44. The molecule has 74 heavy (non-hydrogen) atoms. The second kappa shape index (κ2) is 21.7. The Labute approximate surface area is 430 Å². The molecule has 1 N–H and O–H groups in total. The topological polar surface area (TPSA) is 168 Å². The Kier molecular flexibility index (Phi) is 14.7. The van der Waals surface area contributed by atoms with Crippen molar-refractivity contribution in [3.8, 4) is 28.8 Å². The van der Waals surface area contributed by atoms with Gasteiger partial charge in [-0.2, -0.15) is 5.26 Å². The van der Waals surface area contributed by atoms with Gasteiger partial charge >= 0.3 is 5.69 Å². The summed E-state index contributed by atoms with van der Waals surface area (Å²) in [6.45, 7) is 8.51. The predicted molar refractivity (Wildman–Crippen MR) is 286 cm³/mol. The van der Waals surface area contributed by atoms with Crippen LogP contribution in [0.5, 0.6) is 11.5 Å². The van der Waals surface area contributed by atoms with Crippen molar-refractivity contribution in [3.63, 3.8) is 0 Å². The Morgan fingerprint density at radius 2 is 1.39 bits per heavy atom. The number of nitriles is 1. The van der Waals surface area contributed by atoms with Gasteiger partial charge in [0.25, 0.3) is 14.1 Å². The molecule has 1 aliphatic heterocycles. The summed E-state index contributed by atoms with van der Waals surface area (Å²) >= 11 is 0. The summed E-state index contributed by atoms with van der Waals surface area (Å²) in [4.78, 5) is 29.1. The van der Waals surface area contributed by atoms with E-state index in [-0.39, 0.29) is 38.3 Å². The Balaban J connectivity index is 1.11. The summed E-state index contributed by atoms with van der Waals surface area (Å²) in [5.74, 6) is 0.673. The van der Waals surface area contributed by atoms with Crippen molar-refractivity contribution in [1.29, 1.82) is 5.26 Å². The molecule has 1 unspecified atom stereocenters. The van der Waals surface area contributed by atoms with Crippen LogP contribution in [0.3, 0.4) is 0 Å². The van der Waals surface area contributed by atoms with E-state index in [0.29, 0.717) is 17.2 Å². The van der Waals surface area contributed by atoms with E-state index in [1.807, 2.05) is 85.1 Å². The summed E-state index contributed by atoms with van der Waals surface area (Å²) < 4.78 is 45.2. The van der Waals surface area contributed by atoms with Crippen LogP contribution in [0.15, 0.2) is 162 Å². The predicted octanol–water partition coefficient (Wildman–Crippen LogP) is 10.6. The highest BCUT2D eigenvalue weighted by Gasteiger charge is 2.51. The van der Waals surface area contributed by atoms with Crippen molar-refractivity contribution in [2.75, 3.05) is 27.4 Å². The van der Waals surface area contributed by atoms with Gasteiger partial charge in [-0.05, 0) is 101 Å². The minimum absolute atomic E-state index is 0.0322. The van der Waals surface area contributed by atoms with Crippen LogP contribution in [0, 0.1) is 17.2 Å². The van der Waals surface area contributed by atoms with Gasteiger partial charge in [0.1, 0.15) is 41.2 Å². The molecule has 0 saturated carbocycles. The maximum absolute atomic E-state index is 14.0. The maximum Gasteiger partial charge on any atom is 0.330 e. The fourth-order valence-electron chi connectivity index (χ4n) is 10.5. The molecule has 7 aromatic carbocycles. The number of rotatable bonds is 20. The normalized spacial score (nSPS) is 17.5. The molecule has 2 aromatic heterocycles.